The predicted molar refractivity (Wildman–Crippen MR) is 121 cm³/mol. The van der Waals surface area contributed by atoms with Crippen LogP contribution >= 0.6 is 11.3 Å². The molecule has 0 saturated heterocycles. The van der Waals surface area contributed by atoms with E-state index in [1.165, 1.54) is 11.3 Å². The average molecular weight is 448 g/mol. The lowest BCUT2D eigenvalue weighted by Gasteiger charge is -2.29. The van der Waals surface area contributed by atoms with Crippen LogP contribution in [-0.4, -0.2) is 43.8 Å². The van der Waals surface area contributed by atoms with Crippen LogP contribution in [-0.2, 0) is 35.5 Å². The molecule has 0 saturated carbocycles. The quantitative estimate of drug-likeness (QED) is 0.746. The number of ether oxygens (including phenoxy) is 1. The number of nitrogens with zero attached hydrogens (tertiary/aromatic N) is 4. The average Bonchev–Trinajstić information content (AvgIpc) is 3.14. The Morgan fingerprint density at radius 1 is 1.26 bits per heavy atom. The summed E-state index contributed by atoms with van der Waals surface area (Å²) in [5, 5.41) is 8.09. The Bertz CT molecular complexity index is 971. The Balaban J connectivity index is 1.63. The molecule has 1 aliphatic rings. The van der Waals surface area contributed by atoms with Crippen LogP contribution in [0.25, 0.3) is 0 Å². The molecule has 2 aromatic rings. The Hall–Kier alpha value is -2.42. The van der Waals surface area contributed by atoms with Gasteiger partial charge in [0.2, 0.25) is 5.91 Å². The van der Waals surface area contributed by atoms with Crippen molar-refractivity contribution in [2.24, 2.45) is 5.92 Å². The fourth-order valence-corrected chi connectivity index (χ4v) is 4.61. The number of hydrogen-bond acceptors (Lipinski definition) is 6. The Morgan fingerprint density at radius 2 is 1.97 bits per heavy atom. The number of thiazole rings is 1. The lowest BCUT2D eigenvalue weighted by Crippen LogP contribution is -2.39. The second-order valence-corrected chi connectivity index (χ2v) is 10.6. The van der Waals surface area contributed by atoms with Crippen molar-refractivity contribution >= 4 is 28.5 Å². The van der Waals surface area contributed by atoms with Gasteiger partial charge in [0.25, 0.3) is 0 Å². The summed E-state index contributed by atoms with van der Waals surface area (Å²) in [6.07, 6.45) is 0.604. The van der Waals surface area contributed by atoms with Gasteiger partial charge in [-0.1, -0.05) is 25.2 Å². The van der Waals surface area contributed by atoms with Crippen LogP contribution in [0.3, 0.4) is 0 Å². The van der Waals surface area contributed by atoms with E-state index in [1.54, 1.807) is 4.90 Å². The number of nitrogens with one attached hydrogen (secondary N) is 1. The number of anilines is 1. The van der Waals surface area contributed by atoms with Crippen molar-refractivity contribution in [3.8, 4) is 0 Å². The SMILES string of the molecule is Cc1nn(CC(C)C)c(C)c1CC(=O)Nc1nc2c(s1)CN(C(=O)OC(C)(C)C)CC2. The van der Waals surface area contributed by atoms with E-state index in [1.807, 2.05) is 39.3 Å². The van der Waals surface area contributed by atoms with Gasteiger partial charge in [0.1, 0.15) is 5.60 Å². The molecule has 3 heterocycles. The topological polar surface area (TPSA) is 89.4 Å². The first-order valence-corrected chi connectivity index (χ1v) is 11.5. The Labute approximate surface area is 188 Å². The molecule has 1 aliphatic heterocycles. The van der Waals surface area contributed by atoms with Crippen molar-refractivity contribution in [2.45, 2.75) is 80.0 Å². The first kappa shape index (κ1) is 23.2. The lowest BCUT2D eigenvalue weighted by atomic mass is 10.1. The summed E-state index contributed by atoms with van der Waals surface area (Å²) in [5.74, 6) is 0.381. The summed E-state index contributed by atoms with van der Waals surface area (Å²) in [7, 11) is 0. The summed E-state index contributed by atoms with van der Waals surface area (Å²) < 4.78 is 7.45. The number of amides is 2. The molecule has 0 spiro atoms. The maximum absolute atomic E-state index is 12.7. The Morgan fingerprint density at radius 3 is 2.61 bits per heavy atom. The standard InChI is InChI=1S/C22H33N5O3S/c1-13(2)11-27-15(4)16(14(3)25-27)10-19(28)24-20-23-17-8-9-26(12-18(17)31-20)21(29)30-22(5,6)7/h13H,8-12H2,1-7H3,(H,23,24,28). The molecule has 31 heavy (non-hydrogen) atoms. The third-order valence-corrected chi connectivity index (χ3v) is 6.03. The zero-order valence-corrected chi connectivity index (χ0v) is 20.4. The smallest absolute Gasteiger partial charge is 0.410 e. The molecule has 2 amide bonds. The Kier molecular flexibility index (Phi) is 6.73. The number of aryl methyl sites for hydroxylation is 1. The molecule has 0 bridgehead atoms. The van der Waals surface area contributed by atoms with Crippen molar-refractivity contribution < 1.29 is 14.3 Å². The molecular weight excluding hydrogens is 414 g/mol. The molecule has 3 rings (SSSR count). The first-order valence-electron chi connectivity index (χ1n) is 10.7. The summed E-state index contributed by atoms with van der Waals surface area (Å²) in [6.45, 7) is 15.7. The van der Waals surface area contributed by atoms with Gasteiger partial charge in [0.05, 0.1) is 24.4 Å². The molecule has 2 aromatic heterocycles. The van der Waals surface area contributed by atoms with Gasteiger partial charge in [0.15, 0.2) is 5.13 Å². The molecule has 170 valence electrons. The molecule has 9 heteroatoms. The molecule has 0 radical (unpaired) electrons. The van der Waals surface area contributed by atoms with Gasteiger partial charge in [-0.3, -0.25) is 9.48 Å². The summed E-state index contributed by atoms with van der Waals surface area (Å²) in [5.41, 5.74) is 3.31. The second kappa shape index (κ2) is 8.98. The molecular formula is C22H33N5O3S. The minimum Gasteiger partial charge on any atom is -0.444 e. The fraction of sp³-hybridized carbons (Fsp3) is 0.636. The zero-order chi connectivity index (χ0) is 22.9. The van der Waals surface area contributed by atoms with Gasteiger partial charge >= 0.3 is 6.09 Å². The zero-order valence-electron chi connectivity index (χ0n) is 19.5. The maximum Gasteiger partial charge on any atom is 0.410 e. The van der Waals surface area contributed by atoms with E-state index in [2.05, 4.69) is 29.2 Å². The van der Waals surface area contributed by atoms with Crippen LogP contribution in [0.4, 0.5) is 9.93 Å². The van der Waals surface area contributed by atoms with Gasteiger partial charge in [-0.25, -0.2) is 9.78 Å². The fourth-order valence-electron chi connectivity index (χ4n) is 3.57. The predicted octanol–water partition coefficient (Wildman–Crippen LogP) is 4.09. The monoisotopic (exact) mass is 447 g/mol. The summed E-state index contributed by atoms with van der Waals surface area (Å²) in [6, 6.07) is 0. The second-order valence-electron chi connectivity index (χ2n) is 9.49. The molecule has 0 unspecified atom stereocenters. The molecule has 1 N–H and O–H groups in total. The normalized spacial score (nSPS) is 14.0. The van der Waals surface area contributed by atoms with Gasteiger partial charge in [-0.05, 0) is 40.5 Å². The molecule has 0 aliphatic carbocycles. The van der Waals surface area contributed by atoms with E-state index < -0.39 is 5.60 Å². The number of hydrogen-bond donors (Lipinski definition) is 1. The van der Waals surface area contributed by atoms with Crippen molar-refractivity contribution in [1.29, 1.82) is 0 Å². The summed E-state index contributed by atoms with van der Waals surface area (Å²) >= 11 is 1.42. The third kappa shape index (κ3) is 5.84. The minimum absolute atomic E-state index is 0.106. The van der Waals surface area contributed by atoms with Crippen LogP contribution in [0, 0.1) is 19.8 Å². The first-order chi connectivity index (χ1) is 14.4. The van der Waals surface area contributed by atoms with Gasteiger partial charge in [-0.2, -0.15) is 5.10 Å². The molecule has 0 aromatic carbocycles. The van der Waals surface area contributed by atoms with Crippen LogP contribution in [0.2, 0.25) is 0 Å². The number of aromatic nitrogens is 3. The van der Waals surface area contributed by atoms with Crippen LogP contribution in [0.15, 0.2) is 0 Å². The van der Waals surface area contributed by atoms with Crippen molar-refractivity contribution in [2.75, 3.05) is 11.9 Å². The van der Waals surface area contributed by atoms with Crippen molar-refractivity contribution in [3.63, 3.8) is 0 Å². The van der Waals surface area contributed by atoms with E-state index in [4.69, 9.17) is 4.74 Å². The van der Waals surface area contributed by atoms with E-state index in [0.717, 1.165) is 34.1 Å². The summed E-state index contributed by atoms with van der Waals surface area (Å²) in [4.78, 5) is 32.3. The van der Waals surface area contributed by atoms with Gasteiger partial charge < -0.3 is 15.0 Å². The van der Waals surface area contributed by atoms with E-state index in [0.29, 0.717) is 30.6 Å². The number of rotatable bonds is 5. The highest BCUT2D eigenvalue weighted by Gasteiger charge is 2.28. The molecule has 0 atom stereocenters. The van der Waals surface area contributed by atoms with E-state index in [9.17, 15) is 9.59 Å². The molecule has 8 nitrogen and oxygen atoms in total. The maximum atomic E-state index is 12.7. The minimum atomic E-state index is -0.524. The van der Waals surface area contributed by atoms with E-state index in [-0.39, 0.29) is 18.4 Å². The highest BCUT2D eigenvalue weighted by molar-refractivity contribution is 7.15. The highest BCUT2D eigenvalue weighted by Crippen LogP contribution is 2.29. The molecule has 0 fully saturated rings. The van der Waals surface area contributed by atoms with Crippen LogP contribution in [0.1, 0.15) is 62.1 Å². The van der Waals surface area contributed by atoms with Crippen LogP contribution < -0.4 is 5.32 Å². The number of carbonyl (C=O) groups is 2. The lowest BCUT2D eigenvalue weighted by molar-refractivity contribution is -0.115. The van der Waals surface area contributed by atoms with Gasteiger partial charge in [0, 0.05) is 35.6 Å². The van der Waals surface area contributed by atoms with Crippen molar-refractivity contribution in [1.82, 2.24) is 19.7 Å². The van der Waals surface area contributed by atoms with Crippen molar-refractivity contribution in [3.05, 3.63) is 27.5 Å². The number of fused-ring (bicyclic) bond motifs is 1. The van der Waals surface area contributed by atoms with Crippen LogP contribution in [0.5, 0.6) is 0 Å². The number of carbonyl (C=O) groups excluding carboxylic acids is 2. The highest BCUT2D eigenvalue weighted by atomic mass is 32.1. The third-order valence-electron chi connectivity index (χ3n) is 5.04. The van der Waals surface area contributed by atoms with Gasteiger partial charge in [-0.15, -0.1) is 0 Å². The largest absolute Gasteiger partial charge is 0.444 e. The van der Waals surface area contributed by atoms with E-state index >= 15 is 0 Å².